The van der Waals surface area contributed by atoms with Crippen LogP contribution in [0.5, 0.6) is 5.75 Å². The molecule has 6 nitrogen and oxygen atoms in total. The van der Waals surface area contributed by atoms with E-state index >= 15 is 0 Å². The Morgan fingerprint density at radius 2 is 1.60 bits per heavy atom. The van der Waals surface area contributed by atoms with Crippen LogP contribution in [0.3, 0.4) is 0 Å². The van der Waals surface area contributed by atoms with Gasteiger partial charge in [-0.3, -0.25) is 9.59 Å². The van der Waals surface area contributed by atoms with Crippen LogP contribution in [-0.4, -0.2) is 23.5 Å². The Morgan fingerprint density at radius 3 is 2.20 bits per heavy atom. The maximum Gasteiger partial charge on any atom is 0.262 e. The van der Waals surface area contributed by atoms with E-state index in [1.54, 1.807) is 24.3 Å². The van der Waals surface area contributed by atoms with Gasteiger partial charge in [-0.15, -0.1) is 0 Å². The molecule has 0 aromatic heterocycles. The van der Waals surface area contributed by atoms with Crippen molar-refractivity contribution >= 4 is 40.5 Å². The standard InChI is InChI=1S/C18H19N3O3S/c1-12-5-3-4-6-16(12)24-11-17(23)20-14-7-9-15(10-8-14)21-18(25)19-13(2)22/h3-10H,11H2,1-2H3,(H,20,23)(H2,19,21,22,25). The van der Waals surface area contributed by atoms with Gasteiger partial charge in [0.1, 0.15) is 5.75 Å². The van der Waals surface area contributed by atoms with Crippen LogP contribution >= 0.6 is 12.2 Å². The Morgan fingerprint density at radius 1 is 1.00 bits per heavy atom. The summed E-state index contributed by atoms with van der Waals surface area (Å²) in [7, 11) is 0. The summed E-state index contributed by atoms with van der Waals surface area (Å²) in [6.07, 6.45) is 0. The molecule has 0 radical (unpaired) electrons. The second-order valence-corrected chi connectivity index (χ2v) is 5.72. The molecular formula is C18H19N3O3S. The number of nitrogens with one attached hydrogen (secondary N) is 3. The van der Waals surface area contributed by atoms with Crippen LogP contribution in [0.4, 0.5) is 11.4 Å². The van der Waals surface area contributed by atoms with Gasteiger partial charge in [-0.1, -0.05) is 18.2 Å². The monoisotopic (exact) mass is 357 g/mol. The van der Waals surface area contributed by atoms with Crippen molar-refractivity contribution < 1.29 is 14.3 Å². The summed E-state index contributed by atoms with van der Waals surface area (Å²) in [5.41, 5.74) is 2.31. The van der Waals surface area contributed by atoms with Crippen molar-refractivity contribution in [2.75, 3.05) is 17.2 Å². The quantitative estimate of drug-likeness (QED) is 0.717. The van der Waals surface area contributed by atoms with Crippen molar-refractivity contribution in [3.63, 3.8) is 0 Å². The van der Waals surface area contributed by atoms with Gasteiger partial charge in [-0.25, -0.2) is 0 Å². The Balaban J connectivity index is 1.84. The number of hydrogen-bond acceptors (Lipinski definition) is 4. The van der Waals surface area contributed by atoms with Gasteiger partial charge in [0.05, 0.1) is 0 Å². The summed E-state index contributed by atoms with van der Waals surface area (Å²) in [5, 5.41) is 8.31. The fourth-order valence-corrected chi connectivity index (χ4v) is 2.28. The number of carbonyl (C=O) groups excluding carboxylic acids is 2. The lowest BCUT2D eigenvalue weighted by molar-refractivity contribution is -0.118. The van der Waals surface area contributed by atoms with Crippen LogP contribution in [-0.2, 0) is 9.59 Å². The lowest BCUT2D eigenvalue weighted by Gasteiger charge is -2.11. The Labute approximate surface area is 151 Å². The van der Waals surface area contributed by atoms with Crippen molar-refractivity contribution in [1.82, 2.24) is 5.32 Å². The topological polar surface area (TPSA) is 79.5 Å². The number of aryl methyl sites for hydroxylation is 1. The van der Waals surface area contributed by atoms with E-state index in [-0.39, 0.29) is 23.5 Å². The SMILES string of the molecule is CC(=O)NC(=S)Nc1ccc(NC(=O)COc2ccccc2C)cc1. The molecule has 2 aromatic carbocycles. The second kappa shape index (κ2) is 8.79. The number of benzene rings is 2. The van der Waals surface area contributed by atoms with Crippen molar-refractivity contribution in [2.24, 2.45) is 0 Å². The molecule has 0 fully saturated rings. The number of amides is 2. The fourth-order valence-electron chi connectivity index (χ4n) is 2.02. The van der Waals surface area contributed by atoms with Gasteiger partial charge < -0.3 is 20.7 Å². The minimum absolute atomic E-state index is 0.0720. The highest BCUT2D eigenvalue weighted by molar-refractivity contribution is 7.80. The van der Waals surface area contributed by atoms with Gasteiger partial charge in [0, 0.05) is 18.3 Å². The average molecular weight is 357 g/mol. The summed E-state index contributed by atoms with van der Waals surface area (Å²) in [5.74, 6) is 0.191. The summed E-state index contributed by atoms with van der Waals surface area (Å²) >= 11 is 4.98. The molecule has 0 bridgehead atoms. The lowest BCUT2D eigenvalue weighted by Crippen LogP contribution is -2.32. The van der Waals surface area contributed by atoms with E-state index in [0.29, 0.717) is 17.1 Å². The third-order valence-corrected chi connectivity index (χ3v) is 3.37. The van der Waals surface area contributed by atoms with Crippen LogP contribution < -0.4 is 20.7 Å². The van der Waals surface area contributed by atoms with E-state index in [4.69, 9.17) is 17.0 Å². The zero-order valence-electron chi connectivity index (χ0n) is 14.0. The van der Waals surface area contributed by atoms with Crippen LogP contribution in [0.25, 0.3) is 0 Å². The van der Waals surface area contributed by atoms with Gasteiger partial charge in [0.15, 0.2) is 11.7 Å². The number of carbonyl (C=O) groups is 2. The molecule has 2 amide bonds. The summed E-state index contributed by atoms with van der Waals surface area (Å²) in [6.45, 7) is 3.23. The number of anilines is 2. The Hall–Kier alpha value is -2.93. The molecule has 2 aromatic rings. The van der Waals surface area contributed by atoms with E-state index in [0.717, 1.165) is 5.56 Å². The normalized spacial score (nSPS) is 9.84. The Bertz CT molecular complexity index is 775. The third-order valence-electron chi connectivity index (χ3n) is 3.17. The minimum Gasteiger partial charge on any atom is -0.483 e. The number of para-hydroxylation sites is 1. The molecule has 0 atom stereocenters. The maximum atomic E-state index is 12.0. The number of thiocarbonyl (C=S) groups is 1. The first-order chi connectivity index (χ1) is 11.9. The van der Waals surface area contributed by atoms with Crippen molar-refractivity contribution in [2.45, 2.75) is 13.8 Å². The first kappa shape index (κ1) is 18.4. The van der Waals surface area contributed by atoms with E-state index < -0.39 is 0 Å². The molecule has 0 aliphatic heterocycles. The van der Waals surface area contributed by atoms with E-state index in [2.05, 4.69) is 16.0 Å². The molecule has 130 valence electrons. The van der Waals surface area contributed by atoms with Crippen LogP contribution in [0.2, 0.25) is 0 Å². The van der Waals surface area contributed by atoms with Gasteiger partial charge in [-0.05, 0) is 55.0 Å². The zero-order chi connectivity index (χ0) is 18.2. The number of ether oxygens (including phenoxy) is 1. The van der Waals surface area contributed by atoms with Crippen LogP contribution in [0.15, 0.2) is 48.5 Å². The first-order valence-electron chi connectivity index (χ1n) is 7.61. The summed E-state index contributed by atoms with van der Waals surface area (Å²) < 4.78 is 5.50. The molecule has 0 aliphatic rings. The van der Waals surface area contributed by atoms with Gasteiger partial charge in [0.2, 0.25) is 5.91 Å². The number of hydrogen-bond donors (Lipinski definition) is 3. The van der Waals surface area contributed by atoms with Gasteiger partial charge in [0.25, 0.3) is 5.91 Å². The molecule has 0 unspecified atom stereocenters. The van der Waals surface area contributed by atoms with E-state index in [9.17, 15) is 9.59 Å². The highest BCUT2D eigenvalue weighted by Crippen LogP contribution is 2.17. The predicted octanol–water partition coefficient (Wildman–Crippen LogP) is 2.85. The summed E-state index contributed by atoms with van der Waals surface area (Å²) in [4.78, 5) is 22.9. The van der Waals surface area contributed by atoms with Gasteiger partial charge >= 0.3 is 0 Å². The predicted molar refractivity (Wildman–Crippen MR) is 102 cm³/mol. The molecule has 25 heavy (non-hydrogen) atoms. The molecule has 3 N–H and O–H groups in total. The van der Waals surface area contributed by atoms with E-state index in [1.807, 2.05) is 31.2 Å². The average Bonchev–Trinajstić information content (AvgIpc) is 2.55. The first-order valence-corrected chi connectivity index (χ1v) is 8.02. The lowest BCUT2D eigenvalue weighted by atomic mass is 10.2. The van der Waals surface area contributed by atoms with Crippen LogP contribution in [0.1, 0.15) is 12.5 Å². The van der Waals surface area contributed by atoms with Crippen LogP contribution in [0, 0.1) is 6.92 Å². The minimum atomic E-state index is -0.252. The Kier molecular flexibility index (Phi) is 6.47. The molecular weight excluding hydrogens is 338 g/mol. The molecule has 7 heteroatoms. The second-order valence-electron chi connectivity index (χ2n) is 5.32. The maximum absolute atomic E-state index is 12.0. The highest BCUT2D eigenvalue weighted by Gasteiger charge is 2.06. The molecule has 0 heterocycles. The van der Waals surface area contributed by atoms with E-state index in [1.165, 1.54) is 6.92 Å². The molecule has 2 rings (SSSR count). The molecule has 0 saturated heterocycles. The van der Waals surface area contributed by atoms with Crippen molar-refractivity contribution in [3.8, 4) is 5.75 Å². The van der Waals surface area contributed by atoms with Crippen molar-refractivity contribution in [1.29, 1.82) is 0 Å². The van der Waals surface area contributed by atoms with Gasteiger partial charge in [-0.2, -0.15) is 0 Å². The molecule has 0 saturated carbocycles. The zero-order valence-corrected chi connectivity index (χ0v) is 14.8. The highest BCUT2D eigenvalue weighted by atomic mass is 32.1. The largest absolute Gasteiger partial charge is 0.483 e. The third kappa shape index (κ3) is 6.23. The number of rotatable bonds is 5. The van der Waals surface area contributed by atoms with Crippen molar-refractivity contribution in [3.05, 3.63) is 54.1 Å². The molecule has 0 aliphatic carbocycles. The molecule has 0 spiro atoms. The fraction of sp³-hybridized carbons (Fsp3) is 0.167. The smallest absolute Gasteiger partial charge is 0.262 e. The summed E-state index contributed by atoms with van der Waals surface area (Å²) in [6, 6.07) is 14.4.